The molecule has 0 amide bonds. The lowest BCUT2D eigenvalue weighted by Crippen LogP contribution is -2.37. The van der Waals surface area contributed by atoms with E-state index in [1.807, 2.05) is 0 Å². The van der Waals surface area contributed by atoms with E-state index in [4.69, 9.17) is 0 Å². The summed E-state index contributed by atoms with van der Waals surface area (Å²) in [5.41, 5.74) is 0. The maximum absolute atomic E-state index is 10.4. The summed E-state index contributed by atoms with van der Waals surface area (Å²) in [6.07, 6.45) is 0. The van der Waals surface area contributed by atoms with Crippen molar-refractivity contribution in [3.63, 3.8) is 0 Å². The molecule has 10 heavy (non-hydrogen) atoms. The lowest BCUT2D eigenvalue weighted by atomic mass is 10.5. The molecule has 0 radical (unpaired) electrons. The van der Waals surface area contributed by atoms with Crippen LogP contribution in [0.4, 0.5) is 0 Å². The van der Waals surface area contributed by atoms with Crippen LogP contribution >= 0.6 is 0 Å². The number of nitrogens with zero attached hydrogens (tertiary/aromatic N) is 1. The smallest absolute Gasteiger partial charge is 0.120 e. The highest BCUT2D eigenvalue weighted by atomic mass is 32.8. The maximum atomic E-state index is 10.4. The first-order valence-electron chi connectivity index (χ1n) is 3.57. The van der Waals surface area contributed by atoms with Gasteiger partial charge in [0, 0.05) is 24.6 Å². The van der Waals surface area contributed by atoms with Crippen LogP contribution in [0.3, 0.4) is 0 Å². The summed E-state index contributed by atoms with van der Waals surface area (Å²) in [6, 6.07) is 0. The lowest BCUT2D eigenvalue weighted by Gasteiger charge is -2.25. The quantitative estimate of drug-likeness (QED) is 0.568. The van der Waals surface area contributed by atoms with Gasteiger partial charge in [-0.25, -0.2) is 4.21 Å². The van der Waals surface area contributed by atoms with Crippen LogP contribution in [0.2, 0.25) is 0 Å². The fourth-order valence-corrected chi connectivity index (χ4v) is 3.18. The highest BCUT2D eigenvalue weighted by molar-refractivity contribution is 8.31. The van der Waals surface area contributed by atoms with E-state index in [0.29, 0.717) is 0 Å². The molecule has 0 bridgehead atoms. The SMILES string of the molecule is CCN1CCS(=S=O)CC1. The molecule has 4 heteroatoms. The van der Waals surface area contributed by atoms with Gasteiger partial charge in [-0.05, 0) is 6.54 Å². The van der Waals surface area contributed by atoms with Gasteiger partial charge >= 0.3 is 0 Å². The normalized spacial score (nSPS) is 22.9. The van der Waals surface area contributed by atoms with Gasteiger partial charge < -0.3 is 4.90 Å². The molecular formula is C6H13NOS2. The first-order chi connectivity index (χ1) is 4.86. The Morgan fingerprint density at radius 3 is 2.50 bits per heavy atom. The molecule has 0 atom stereocenters. The van der Waals surface area contributed by atoms with Gasteiger partial charge in [-0.1, -0.05) is 16.4 Å². The molecule has 1 heterocycles. The zero-order valence-electron chi connectivity index (χ0n) is 6.21. The molecule has 2 nitrogen and oxygen atoms in total. The van der Waals surface area contributed by atoms with Crippen LogP contribution in [-0.4, -0.2) is 40.2 Å². The summed E-state index contributed by atoms with van der Waals surface area (Å²) in [7, 11) is 0.955. The fraction of sp³-hybridized carbons (Fsp3) is 1.00. The van der Waals surface area contributed by atoms with Crippen molar-refractivity contribution in [1.82, 2.24) is 4.90 Å². The first kappa shape index (κ1) is 8.43. The van der Waals surface area contributed by atoms with Crippen molar-refractivity contribution in [2.24, 2.45) is 0 Å². The number of rotatable bonds is 1. The van der Waals surface area contributed by atoms with E-state index >= 15 is 0 Å². The van der Waals surface area contributed by atoms with Crippen molar-refractivity contribution in [3.8, 4) is 0 Å². The first-order valence-corrected chi connectivity index (χ1v) is 6.39. The molecule has 1 aliphatic rings. The molecule has 0 aromatic heterocycles. The minimum Gasteiger partial charge on any atom is -0.302 e. The van der Waals surface area contributed by atoms with Crippen LogP contribution in [0, 0.1) is 0 Å². The van der Waals surface area contributed by atoms with Crippen molar-refractivity contribution < 1.29 is 4.21 Å². The average Bonchev–Trinajstić information content (AvgIpc) is 2.05. The third-order valence-corrected chi connectivity index (χ3v) is 4.86. The molecule has 1 aliphatic heterocycles. The summed E-state index contributed by atoms with van der Waals surface area (Å²) < 4.78 is 10.4. The monoisotopic (exact) mass is 179 g/mol. The van der Waals surface area contributed by atoms with Crippen LogP contribution in [0.1, 0.15) is 6.92 Å². The van der Waals surface area contributed by atoms with E-state index in [9.17, 15) is 4.21 Å². The van der Waals surface area contributed by atoms with Gasteiger partial charge in [-0.3, -0.25) is 0 Å². The minimum atomic E-state index is 0.146. The summed E-state index contributed by atoms with van der Waals surface area (Å²) in [5.74, 6) is 2.23. The molecule has 1 saturated heterocycles. The highest BCUT2D eigenvalue weighted by Crippen LogP contribution is 1.98. The van der Waals surface area contributed by atoms with E-state index in [1.165, 1.54) is 0 Å². The molecule has 0 saturated carbocycles. The van der Waals surface area contributed by atoms with Crippen LogP contribution < -0.4 is 0 Å². The Morgan fingerprint density at radius 2 is 2.10 bits per heavy atom. The maximum Gasteiger partial charge on any atom is 0.120 e. The molecule has 60 valence electrons. The predicted molar refractivity (Wildman–Crippen MR) is 47.4 cm³/mol. The summed E-state index contributed by atoms with van der Waals surface area (Å²) in [6.45, 7) is 5.58. The van der Waals surface area contributed by atoms with Crippen molar-refractivity contribution >= 4 is 19.7 Å². The largest absolute Gasteiger partial charge is 0.302 e. The number of hydrogen-bond acceptors (Lipinski definition) is 2. The van der Waals surface area contributed by atoms with Crippen molar-refractivity contribution in [3.05, 3.63) is 0 Å². The number of hydrogen-bond donors (Lipinski definition) is 0. The molecule has 0 aromatic carbocycles. The summed E-state index contributed by atoms with van der Waals surface area (Å²) in [4.78, 5) is 2.40. The molecule has 1 rings (SSSR count). The van der Waals surface area contributed by atoms with E-state index in [1.54, 1.807) is 0 Å². The zero-order valence-corrected chi connectivity index (χ0v) is 7.84. The van der Waals surface area contributed by atoms with Crippen LogP contribution in [0.25, 0.3) is 0 Å². The molecule has 0 aliphatic carbocycles. The van der Waals surface area contributed by atoms with Gasteiger partial charge in [0.05, 0.1) is 0 Å². The van der Waals surface area contributed by atoms with Gasteiger partial charge in [-0.15, -0.1) is 0 Å². The second kappa shape index (κ2) is 4.26. The predicted octanol–water partition coefficient (Wildman–Crippen LogP) is 0.0682. The standard InChI is InChI=1S/C6H13NOS2/c1-2-7-3-5-10(9-8)6-4-7/h2-6H2,1H3. The van der Waals surface area contributed by atoms with Gasteiger partial charge in [-0.2, -0.15) is 0 Å². The van der Waals surface area contributed by atoms with E-state index in [0.717, 1.165) is 41.4 Å². The van der Waals surface area contributed by atoms with Crippen LogP contribution in [0.15, 0.2) is 0 Å². The van der Waals surface area contributed by atoms with Gasteiger partial charge in [0.15, 0.2) is 0 Å². The van der Waals surface area contributed by atoms with Crippen molar-refractivity contribution in [1.29, 1.82) is 0 Å². The topological polar surface area (TPSA) is 20.3 Å². The van der Waals surface area contributed by atoms with E-state index < -0.39 is 0 Å². The molecule has 0 unspecified atom stereocenters. The molecule has 0 spiro atoms. The third-order valence-electron chi connectivity index (χ3n) is 1.81. The molecule has 0 aromatic rings. The van der Waals surface area contributed by atoms with Crippen molar-refractivity contribution in [2.45, 2.75) is 6.92 Å². The highest BCUT2D eigenvalue weighted by Gasteiger charge is 2.10. The Balaban J connectivity index is 2.38. The van der Waals surface area contributed by atoms with Gasteiger partial charge in [0.25, 0.3) is 0 Å². The van der Waals surface area contributed by atoms with E-state index in [2.05, 4.69) is 11.8 Å². The average molecular weight is 179 g/mol. The van der Waals surface area contributed by atoms with Crippen LogP contribution in [0.5, 0.6) is 0 Å². The minimum absolute atomic E-state index is 0.146. The Bertz CT molecular complexity index is 155. The Labute approximate surface area is 67.3 Å². The van der Waals surface area contributed by atoms with Gasteiger partial charge in [0.2, 0.25) is 0 Å². The van der Waals surface area contributed by atoms with Gasteiger partial charge in [0.1, 0.15) is 10.2 Å². The van der Waals surface area contributed by atoms with Crippen molar-refractivity contribution in [2.75, 3.05) is 31.1 Å². The van der Waals surface area contributed by atoms with Crippen LogP contribution in [-0.2, 0) is 19.7 Å². The van der Waals surface area contributed by atoms with E-state index in [-0.39, 0.29) is 9.45 Å². The summed E-state index contributed by atoms with van der Waals surface area (Å²) in [5, 5.41) is 0. The summed E-state index contributed by atoms with van der Waals surface area (Å²) >= 11 is 0. The lowest BCUT2D eigenvalue weighted by molar-refractivity contribution is 0.319. The second-order valence-corrected chi connectivity index (χ2v) is 6.01. The zero-order chi connectivity index (χ0) is 7.40. The molecular weight excluding hydrogens is 166 g/mol. The Hall–Kier alpha value is 0.330. The Morgan fingerprint density at radius 1 is 1.50 bits per heavy atom. The third kappa shape index (κ3) is 2.18. The molecule has 0 N–H and O–H groups in total. The Kier molecular flexibility index (Phi) is 3.59. The second-order valence-electron chi connectivity index (χ2n) is 2.35. The fourth-order valence-electron chi connectivity index (χ4n) is 1.06. The molecule has 1 fully saturated rings.